The van der Waals surface area contributed by atoms with Crippen molar-refractivity contribution in [3.63, 3.8) is 0 Å². The lowest BCUT2D eigenvalue weighted by Crippen LogP contribution is -2.30. The maximum atomic E-state index is 12.0. The Labute approximate surface area is 161 Å². The summed E-state index contributed by atoms with van der Waals surface area (Å²) in [5, 5.41) is 0.419. The maximum absolute atomic E-state index is 12.0. The van der Waals surface area contributed by atoms with E-state index in [1.54, 1.807) is 18.2 Å². The highest BCUT2D eigenvalue weighted by Gasteiger charge is 2.10. The van der Waals surface area contributed by atoms with E-state index in [1.807, 2.05) is 32.0 Å². The second-order valence-corrected chi connectivity index (χ2v) is 6.59. The van der Waals surface area contributed by atoms with E-state index in [1.165, 1.54) is 23.3 Å². The quantitative estimate of drug-likeness (QED) is 0.726. The zero-order valence-corrected chi connectivity index (χ0v) is 16.0. The average Bonchev–Trinajstić information content (AvgIpc) is 2.62. The molecule has 0 radical (unpaired) electrons. The Balaban J connectivity index is 1.86. The molecule has 3 rings (SSSR count). The molecular weight excluding hydrogens is 368 g/mol. The molecule has 0 amide bonds. The summed E-state index contributed by atoms with van der Waals surface area (Å²) in [5.74, 6) is 1.39. The second kappa shape index (κ2) is 7.72. The molecule has 1 aromatic heterocycles. The molecule has 0 atom stereocenters. The van der Waals surface area contributed by atoms with E-state index in [0.717, 1.165) is 11.1 Å². The van der Waals surface area contributed by atoms with Crippen molar-refractivity contribution in [3.8, 4) is 17.4 Å². The van der Waals surface area contributed by atoms with Crippen molar-refractivity contribution >= 4 is 11.6 Å². The predicted octanol–water partition coefficient (Wildman–Crippen LogP) is 3.66. The van der Waals surface area contributed by atoms with Crippen LogP contribution in [0.3, 0.4) is 0 Å². The fourth-order valence-electron chi connectivity index (χ4n) is 2.63. The molecule has 27 heavy (non-hydrogen) atoms. The number of benzene rings is 2. The summed E-state index contributed by atoms with van der Waals surface area (Å²) in [6.07, 6.45) is 0. The first kappa shape index (κ1) is 18.8. The molecule has 7 heteroatoms. The van der Waals surface area contributed by atoms with E-state index in [9.17, 15) is 9.59 Å². The van der Waals surface area contributed by atoms with Crippen LogP contribution in [-0.4, -0.2) is 16.7 Å². The Morgan fingerprint density at radius 3 is 2.48 bits per heavy atom. The first-order valence-corrected chi connectivity index (χ1v) is 8.67. The molecule has 1 heterocycles. The molecule has 0 saturated carbocycles. The summed E-state index contributed by atoms with van der Waals surface area (Å²) >= 11 is 6.35. The van der Waals surface area contributed by atoms with Gasteiger partial charge in [-0.2, -0.15) is 0 Å². The Kier molecular flexibility index (Phi) is 5.37. The monoisotopic (exact) mass is 386 g/mol. The molecule has 0 aliphatic carbocycles. The predicted molar refractivity (Wildman–Crippen MR) is 104 cm³/mol. The number of hydrogen-bond donors (Lipinski definition) is 1. The minimum Gasteiger partial charge on any atom is -0.482 e. The van der Waals surface area contributed by atoms with Crippen molar-refractivity contribution < 1.29 is 9.47 Å². The van der Waals surface area contributed by atoms with E-state index in [4.69, 9.17) is 21.1 Å². The zero-order valence-electron chi connectivity index (χ0n) is 15.2. The lowest BCUT2D eigenvalue weighted by molar-refractivity contribution is 0.366. The minimum absolute atomic E-state index is 0.176. The molecule has 0 spiro atoms. The van der Waals surface area contributed by atoms with Crippen molar-refractivity contribution in [2.24, 2.45) is 0 Å². The van der Waals surface area contributed by atoms with Crippen molar-refractivity contribution in [2.45, 2.75) is 20.4 Å². The SMILES string of the molecule is COc1cc(=O)[nH]c(=O)n1Cc1ccc(Oc2ccc(C)c(C)c2)c(Cl)c1. The summed E-state index contributed by atoms with van der Waals surface area (Å²) in [7, 11) is 1.40. The first-order chi connectivity index (χ1) is 12.9. The van der Waals surface area contributed by atoms with Gasteiger partial charge in [0, 0.05) is 0 Å². The lowest BCUT2D eigenvalue weighted by atomic mass is 10.1. The number of methoxy groups -OCH3 is 1. The molecule has 0 saturated heterocycles. The van der Waals surface area contributed by atoms with Crippen LogP contribution in [0.15, 0.2) is 52.1 Å². The number of ether oxygens (including phenoxy) is 2. The van der Waals surface area contributed by atoms with E-state index < -0.39 is 11.2 Å². The Hall–Kier alpha value is -2.99. The molecule has 3 aromatic rings. The highest BCUT2D eigenvalue weighted by molar-refractivity contribution is 6.32. The van der Waals surface area contributed by atoms with Crippen molar-refractivity contribution in [3.05, 3.63) is 85.0 Å². The summed E-state index contributed by atoms with van der Waals surface area (Å²) in [6.45, 7) is 4.25. The molecule has 0 aliphatic rings. The molecule has 1 N–H and O–H groups in total. The Bertz CT molecular complexity index is 1100. The van der Waals surface area contributed by atoms with E-state index >= 15 is 0 Å². The van der Waals surface area contributed by atoms with Gasteiger partial charge in [-0.25, -0.2) is 4.79 Å². The van der Waals surface area contributed by atoms with E-state index in [2.05, 4.69) is 4.98 Å². The Morgan fingerprint density at radius 2 is 1.81 bits per heavy atom. The van der Waals surface area contributed by atoms with E-state index in [0.29, 0.717) is 16.5 Å². The van der Waals surface area contributed by atoms with Crippen LogP contribution in [0.25, 0.3) is 0 Å². The molecule has 0 aliphatic heterocycles. The molecule has 2 aromatic carbocycles. The smallest absolute Gasteiger partial charge is 0.331 e. The number of H-pyrrole nitrogens is 1. The molecular formula is C20H19ClN2O4. The minimum atomic E-state index is -0.550. The van der Waals surface area contributed by atoms with Crippen LogP contribution in [0.5, 0.6) is 17.4 Å². The van der Waals surface area contributed by atoms with Crippen molar-refractivity contribution in [1.29, 1.82) is 0 Å². The molecule has 6 nitrogen and oxygen atoms in total. The van der Waals surface area contributed by atoms with Gasteiger partial charge in [0.25, 0.3) is 5.56 Å². The standard InChI is InChI=1S/C20H19ClN2O4/c1-12-4-6-15(8-13(12)2)27-17-7-5-14(9-16(17)21)11-23-19(26-3)10-18(24)22-20(23)25/h4-10H,11H2,1-3H3,(H,22,24,25). The van der Waals surface area contributed by atoms with Crippen molar-refractivity contribution in [1.82, 2.24) is 9.55 Å². The van der Waals surface area contributed by atoms with Crippen LogP contribution in [-0.2, 0) is 6.54 Å². The van der Waals surface area contributed by atoms with Crippen LogP contribution in [0, 0.1) is 13.8 Å². The van der Waals surface area contributed by atoms with Crippen LogP contribution < -0.4 is 20.7 Å². The molecule has 0 bridgehead atoms. The summed E-state index contributed by atoms with van der Waals surface area (Å²) in [5.41, 5.74) is 2.02. The van der Waals surface area contributed by atoms with Gasteiger partial charge < -0.3 is 9.47 Å². The number of rotatable bonds is 5. The van der Waals surface area contributed by atoms with Gasteiger partial charge in [-0.1, -0.05) is 23.7 Å². The molecule has 0 unspecified atom stereocenters. The van der Waals surface area contributed by atoms with Crippen LogP contribution in [0.4, 0.5) is 0 Å². The van der Waals surface area contributed by atoms with Crippen LogP contribution in [0.2, 0.25) is 5.02 Å². The van der Waals surface area contributed by atoms with Crippen molar-refractivity contribution in [2.75, 3.05) is 7.11 Å². The molecule has 140 valence electrons. The lowest BCUT2D eigenvalue weighted by Gasteiger charge is -2.13. The van der Waals surface area contributed by atoms with Gasteiger partial charge in [0.1, 0.15) is 11.5 Å². The van der Waals surface area contributed by atoms with Gasteiger partial charge in [-0.3, -0.25) is 14.3 Å². The molecule has 0 fully saturated rings. The number of aromatic nitrogens is 2. The third-order valence-electron chi connectivity index (χ3n) is 4.25. The fourth-order valence-corrected chi connectivity index (χ4v) is 2.87. The first-order valence-electron chi connectivity index (χ1n) is 8.29. The van der Waals surface area contributed by atoms with Gasteiger partial charge in [-0.15, -0.1) is 0 Å². The largest absolute Gasteiger partial charge is 0.482 e. The van der Waals surface area contributed by atoms with Gasteiger partial charge in [0.05, 0.1) is 24.7 Å². The van der Waals surface area contributed by atoms with Gasteiger partial charge in [0.2, 0.25) is 5.88 Å². The van der Waals surface area contributed by atoms with Gasteiger partial charge in [-0.05, 0) is 54.8 Å². The summed E-state index contributed by atoms with van der Waals surface area (Å²) in [6, 6.07) is 12.3. The zero-order chi connectivity index (χ0) is 19.6. The summed E-state index contributed by atoms with van der Waals surface area (Å²) in [4.78, 5) is 25.7. The highest BCUT2D eigenvalue weighted by atomic mass is 35.5. The number of halogens is 1. The van der Waals surface area contributed by atoms with Crippen LogP contribution >= 0.6 is 11.6 Å². The topological polar surface area (TPSA) is 73.3 Å². The van der Waals surface area contributed by atoms with Gasteiger partial charge in [0.15, 0.2) is 0 Å². The third-order valence-corrected chi connectivity index (χ3v) is 4.54. The summed E-state index contributed by atoms with van der Waals surface area (Å²) < 4.78 is 12.3. The number of hydrogen-bond acceptors (Lipinski definition) is 4. The number of aromatic amines is 1. The van der Waals surface area contributed by atoms with E-state index in [-0.39, 0.29) is 12.4 Å². The third kappa shape index (κ3) is 4.23. The number of nitrogens with one attached hydrogen (secondary N) is 1. The Morgan fingerprint density at radius 1 is 1.04 bits per heavy atom. The normalized spacial score (nSPS) is 10.7. The fraction of sp³-hybridized carbons (Fsp3) is 0.200. The van der Waals surface area contributed by atoms with Crippen LogP contribution in [0.1, 0.15) is 16.7 Å². The number of aryl methyl sites for hydroxylation is 2. The number of nitrogens with zero attached hydrogens (tertiary/aromatic N) is 1. The van der Waals surface area contributed by atoms with Gasteiger partial charge >= 0.3 is 5.69 Å². The second-order valence-electron chi connectivity index (χ2n) is 6.18. The maximum Gasteiger partial charge on any atom is 0.331 e. The average molecular weight is 387 g/mol. The highest BCUT2D eigenvalue weighted by Crippen LogP contribution is 2.31.